The molecule has 0 aliphatic rings. The van der Waals surface area contributed by atoms with Crippen LogP contribution in [-0.2, 0) is 6.18 Å². The number of hydrogen-bond donors (Lipinski definition) is 1. The van der Waals surface area contributed by atoms with E-state index in [-0.39, 0.29) is 0 Å². The summed E-state index contributed by atoms with van der Waals surface area (Å²) in [7, 11) is 0. The molecule has 0 spiro atoms. The zero-order valence-corrected chi connectivity index (χ0v) is 10.8. The minimum atomic E-state index is -4.41. The summed E-state index contributed by atoms with van der Waals surface area (Å²) >= 11 is 0. The predicted octanol–water partition coefficient (Wildman–Crippen LogP) is 3.26. The number of anilines is 1. The minimum absolute atomic E-state index is 0.436. The molecule has 0 aliphatic carbocycles. The molecule has 0 atom stereocenters. The topological polar surface area (TPSA) is 53.1 Å². The Morgan fingerprint density at radius 2 is 2.10 bits per heavy atom. The highest BCUT2D eigenvalue weighted by Gasteiger charge is 2.32. The van der Waals surface area contributed by atoms with Crippen LogP contribution in [0.25, 0.3) is 5.69 Å². The molecule has 2 N–H and O–H groups in total. The maximum absolute atomic E-state index is 12.5. The lowest BCUT2D eigenvalue weighted by molar-refractivity contribution is -0.137. The van der Waals surface area contributed by atoms with Crippen LogP contribution in [0, 0.1) is 0 Å². The van der Waals surface area contributed by atoms with Crippen molar-refractivity contribution in [3.8, 4) is 11.4 Å². The zero-order valence-electron chi connectivity index (χ0n) is 10.8. The van der Waals surface area contributed by atoms with Gasteiger partial charge in [-0.3, -0.25) is 0 Å². The second-order valence-corrected chi connectivity index (χ2v) is 4.24. The molecule has 7 heteroatoms. The standard InChI is InChI=1S/C13H14F3N3O/c1-2-5-20-12-6-10(3-4-11(12)17)19-8-9(7-18-19)13(14,15)16/h3-4,6-8H,2,5,17H2,1H3. The van der Waals surface area contributed by atoms with Gasteiger partial charge >= 0.3 is 6.18 Å². The van der Waals surface area contributed by atoms with Crippen molar-refractivity contribution in [2.75, 3.05) is 12.3 Å². The molecular weight excluding hydrogens is 271 g/mol. The van der Waals surface area contributed by atoms with Crippen LogP contribution in [0.5, 0.6) is 5.75 Å². The summed E-state index contributed by atoms with van der Waals surface area (Å²) in [5, 5.41) is 3.70. The molecular formula is C13H14F3N3O. The molecule has 2 rings (SSSR count). The summed E-state index contributed by atoms with van der Waals surface area (Å²) in [5.41, 5.74) is 5.84. The molecule has 0 radical (unpaired) electrons. The maximum atomic E-state index is 12.5. The lowest BCUT2D eigenvalue weighted by Gasteiger charge is -2.10. The molecule has 1 aromatic heterocycles. The highest BCUT2D eigenvalue weighted by atomic mass is 19.4. The predicted molar refractivity (Wildman–Crippen MR) is 68.8 cm³/mol. The van der Waals surface area contributed by atoms with E-state index in [0.29, 0.717) is 23.7 Å². The number of benzene rings is 1. The van der Waals surface area contributed by atoms with Crippen LogP contribution in [0.3, 0.4) is 0 Å². The number of ether oxygens (including phenoxy) is 1. The van der Waals surface area contributed by atoms with Crippen molar-refractivity contribution in [3.63, 3.8) is 0 Å². The molecule has 0 bridgehead atoms. The highest BCUT2D eigenvalue weighted by molar-refractivity contribution is 5.57. The van der Waals surface area contributed by atoms with Gasteiger partial charge in [0.15, 0.2) is 0 Å². The van der Waals surface area contributed by atoms with E-state index in [1.54, 1.807) is 18.2 Å². The number of hydrogen-bond acceptors (Lipinski definition) is 3. The molecule has 2 aromatic rings. The molecule has 0 saturated heterocycles. The van der Waals surface area contributed by atoms with Crippen molar-refractivity contribution >= 4 is 5.69 Å². The number of rotatable bonds is 4. The van der Waals surface area contributed by atoms with Gasteiger partial charge in [-0.05, 0) is 18.6 Å². The van der Waals surface area contributed by atoms with Crippen LogP contribution < -0.4 is 10.5 Å². The summed E-state index contributed by atoms with van der Waals surface area (Å²) in [6, 6.07) is 4.73. The van der Waals surface area contributed by atoms with E-state index in [9.17, 15) is 13.2 Å². The van der Waals surface area contributed by atoms with Crippen molar-refractivity contribution in [2.24, 2.45) is 0 Å². The highest BCUT2D eigenvalue weighted by Crippen LogP contribution is 2.30. The molecule has 0 amide bonds. The zero-order chi connectivity index (χ0) is 14.8. The van der Waals surface area contributed by atoms with Crippen LogP contribution >= 0.6 is 0 Å². The quantitative estimate of drug-likeness (QED) is 0.877. The largest absolute Gasteiger partial charge is 0.491 e. The fraction of sp³-hybridized carbons (Fsp3) is 0.308. The monoisotopic (exact) mass is 285 g/mol. The number of nitrogens with two attached hydrogens (primary N) is 1. The Bertz CT molecular complexity index is 593. The van der Waals surface area contributed by atoms with Crippen LogP contribution in [0.4, 0.5) is 18.9 Å². The van der Waals surface area contributed by atoms with Gasteiger partial charge in [0.05, 0.1) is 29.7 Å². The van der Waals surface area contributed by atoms with E-state index in [0.717, 1.165) is 23.5 Å². The Balaban J connectivity index is 2.31. The average Bonchev–Trinajstić information content (AvgIpc) is 2.87. The Morgan fingerprint density at radius 3 is 2.70 bits per heavy atom. The van der Waals surface area contributed by atoms with E-state index < -0.39 is 11.7 Å². The van der Waals surface area contributed by atoms with Gasteiger partial charge in [-0.2, -0.15) is 18.3 Å². The number of halogens is 3. The molecule has 0 fully saturated rings. The lowest BCUT2D eigenvalue weighted by Crippen LogP contribution is -2.03. The Morgan fingerprint density at radius 1 is 1.35 bits per heavy atom. The second kappa shape index (κ2) is 5.44. The van der Waals surface area contributed by atoms with Gasteiger partial charge < -0.3 is 10.5 Å². The summed E-state index contributed by atoms with van der Waals surface area (Å²) < 4.78 is 44.2. The fourth-order valence-corrected chi connectivity index (χ4v) is 1.61. The van der Waals surface area contributed by atoms with Gasteiger partial charge in [0.25, 0.3) is 0 Å². The van der Waals surface area contributed by atoms with E-state index in [4.69, 9.17) is 10.5 Å². The first kappa shape index (κ1) is 14.2. The first-order chi connectivity index (χ1) is 9.41. The lowest BCUT2D eigenvalue weighted by atomic mass is 10.2. The third-order valence-corrected chi connectivity index (χ3v) is 2.63. The Hall–Kier alpha value is -2.18. The molecule has 1 heterocycles. The summed E-state index contributed by atoms with van der Waals surface area (Å²) in [5.74, 6) is 0.438. The van der Waals surface area contributed by atoms with Crippen molar-refractivity contribution < 1.29 is 17.9 Å². The van der Waals surface area contributed by atoms with Crippen LogP contribution in [0.1, 0.15) is 18.9 Å². The van der Waals surface area contributed by atoms with E-state index >= 15 is 0 Å². The molecule has 4 nitrogen and oxygen atoms in total. The summed E-state index contributed by atoms with van der Waals surface area (Å²) in [4.78, 5) is 0. The number of nitrogen functional groups attached to an aromatic ring is 1. The molecule has 20 heavy (non-hydrogen) atoms. The minimum Gasteiger partial charge on any atom is -0.491 e. The summed E-state index contributed by atoms with van der Waals surface area (Å²) in [6.07, 6.45) is -1.89. The molecule has 0 aliphatic heterocycles. The molecule has 108 valence electrons. The van der Waals surface area contributed by atoms with E-state index in [1.165, 1.54) is 0 Å². The van der Waals surface area contributed by atoms with Gasteiger partial charge in [0.2, 0.25) is 0 Å². The van der Waals surface area contributed by atoms with Gasteiger partial charge in [0, 0.05) is 12.3 Å². The number of nitrogens with zero attached hydrogens (tertiary/aromatic N) is 2. The third-order valence-electron chi connectivity index (χ3n) is 2.63. The maximum Gasteiger partial charge on any atom is 0.419 e. The van der Waals surface area contributed by atoms with Crippen LogP contribution in [0.2, 0.25) is 0 Å². The molecule has 0 unspecified atom stereocenters. The van der Waals surface area contributed by atoms with E-state index in [2.05, 4.69) is 5.10 Å². The molecule has 1 aromatic carbocycles. The van der Waals surface area contributed by atoms with Crippen molar-refractivity contribution in [1.82, 2.24) is 9.78 Å². The Labute approximate surface area is 114 Å². The summed E-state index contributed by atoms with van der Waals surface area (Å²) in [6.45, 7) is 2.43. The smallest absolute Gasteiger partial charge is 0.419 e. The number of alkyl halides is 3. The van der Waals surface area contributed by atoms with Crippen molar-refractivity contribution in [1.29, 1.82) is 0 Å². The van der Waals surface area contributed by atoms with Crippen molar-refractivity contribution in [3.05, 3.63) is 36.2 Å². The average molecular weight is 285 g/mol. The third kappa shape index (κ3) is 3.04. The first-order valence-corrected chi connectivity index (χ1v) is 6.06. The Kier molecular flexibility index (Phi) is 3.87. The van der Waals surface area contributed by atoms with Crippen LogP contribution in [-0.4, -0.2) is 16.4 Å². The molecule has 0 saturated carbocycles. The number of aromatic nitrogens is 2. The fourth-order valence-electron chi connectivity index (χ4n) is 1.61. The van der Waals surface area contributed by atoms with Gasteiger partial charge in [0.1, 0.15) is 5.75 Å². The normalized spacial score (nSPS) is 11.6. The SMILES string of the molecule is CCCOc1cc(-n2cc(C(F)(F)F)cn2)ccc1N. The van der Waals surface area contributed by atoms with Gasteiger partial charge in [-0.25, -0.2) is 4.68 Å². The van der Waals surface area contributed by atoms with Gasteiger partial charge in [-0.1, -0.05) is 6.92 Å². The van der Waals surface area contributed by atoms with Crippen molar-refractivity contribution in [2.45, 2.75) is 19.5 Å². The second-order valence-electron chi connectivity index (χ2n) is 4.24. The van der Waals surface area contributed by atoms with E-state index in [1.807, 2.05) is 6.92 Å². The first-order valence-electron chi connectivity index (χ1n) is 6.06. The van der Waals surface area contributed by atoms with Gasteiger partial charge in [-0.15, -0.1) is 0 Å². The van der Waals surface area contributed by atoms with Crippen LogP contribution in [0.15, 0.2) is 30.6 Å².